The van der Waals surface area contributed by atoms with Gasteiger partial charge in [-0.25, -0.2) is 19.2 Å². The molecule has 1 saturated carbocycles. The van der Waals surface area contributed by atoms with Gasteiger partial charge < -0.3 is 78.7 Å². The van der Waals surface area contributed by atoms with Crippen molar-refractivity contribution in [3.05, 3.63) is 101 Å². The van der Waals surface area contributed by atoms with Crippen LogP contribution in [0.2, 0.25) is 0 Å². The molecule has 1 fully saturated rings. The van der Waals surface area contributed by atoms with Crippen molar-refractivity contribution in [2.24, 2.45) is 35.5 Å². The molecule has 12 unspecified atom stereocenters. The minimum absolute atomic E-state index is 0.390. The second-order valence-corrected chi connectivity index (χ2v) is 16.8. The molecule has 0 aromatic carbocycles. The molecule has 4 heterocycles. The molecule has 32 nitrogen and oxygen atoms in total. The summed E-state index contributed by atoms with van der Waals surface area (Å²) in [5, 5.41) is 82.0. The lowest BCUT2D eigenvalue weighted by Gasteiger charge is -2.49. The largest absolute Gasteiger partial charge is 0.505 e. The Hall–Kier alpha value is -8.76. The SMILES string of the molecule is O=C(Cn1cc(F)c(=O)[nH]c1=O)OCC(O)COC(=O)C1C2C=CC(C(C(=O)OCC(O)COC(=O)Cn3cc(F)c(=O)[nH]c3=O)C2C(=O)OCC(O)C2OC(=O)C(O)=C2O)C1C(=O)OCC(O)C1OC(=O)C(O)=C1O. The van der Waals surface area contributed by atoms with E-state index >= 15 is 0 Å². The number of halogens is 2. The van der Waals surface area contributed by atoms with Crippen LogP contribution in [-0.4, -0.2) is 184 Å². The first kappa shape index (κ1) is 56.5. The number of carbonyl (C=O) groups is 8. The second kappa shape index (κ2) is 23.6. The summed E-state index contributed by atoms with van der Waals surface area (Å²) in [4.78, 5) is 155. The zero-order chi connectivity index (χ0) is 56.0. The van der Waals surface area contributed by atoms with Crippen molar-refractivity contribution in [2.75, 3.05) is 39.6 Å². The number of aliphatic hydroxyl groups is 8. The van der Waals surface area contributed by atoms with E-state index in [0.29, 0.717) is 21.5 Å². The Morgan fingerprint density at radius 2 is 0.816 bits per heavy atom. The van der Waals surface area contributed by atoms with E-state index in [9.17, 15) is 107 Å². The zero-order valence-corrected chi connectivity index (χ0v) is 38.3. The number of hydrogen-bond acceptors (Lipinski definition) is 28. The van der Waals surface area contributed by atoms with Crippen LogP contribution in [0.25, 0.3) is 0 Å². The van der Waals surface area contributed by atoms with Crippen molar-refractivity contribution >= 4 is 47.8 Å². The average Bonchev–Trinajstić information content (AvgIpc) is 3.80. The first-order valence-corrected chi connectivity index (χ1v) is 21.8. The van der Waals surface area contributed by atoms with Gasteiger partial charge in [-0.05, 0) is 0 Å². The van der Waals surface area contributed by atoms with Gasteiger partial charge in [0.05, 0.1) is 36.1 Å². The second-order valence-electron chi connectivity index (χ2n) is 16.8. The first-order valence-electron chi connectivity index (χ1n) is 21.8. The molecule has 2 aromatic heterocycles. The molecule has 0 radical (unpaired) electrons. The van der Waals surface area contributed by atoms with Crippen LogP contribution in [-0.2, 0) is 89.3 Å². The molecular weight excluding hydrogens is 1050 g/mol. The number of aromatic nitrogens is 4. The van der Waals surface area contributed by atoms with Crippen molar-refractivity contribution in [3.8, 4) is 0 Å². The van der Waals surface area contributed by atoms with Gasteiger partial charge in [-0.3, -0.25) is 57.5 Å². The number of H-pyrrole nitrogens is 2. The summed E-state index contributed by atoms with van der Waals surface area (Å²) < 4.78 is 68.1. The molecule has 0 saturated heterocycles. The van der Waals surface area contributed by atoms with Crippen molar-refractivity contribution in [1.29, 1.82) is 0 Å². The fourth-order valence-electron chi connectivity index (χ4n) is 8.10. The van der Waals surface area contributed by atoms with Crippen LogP contribution in [0.5, 0.6) is 0 Å². The van der Waals surface area contributed by atoms with Gasteiger partial charge in [0.15, 0.2) is 23.7 Å². The standard InChI is InChI=1S/C42H42F2N4O28/c43-17-3-47(41(67)45-33(17)59)5-21(53)69-7-13(49)9-71-35(61)23-15-1-2-16(26(23)38(64)74-12-20(52)32-28(56)30(58)40(66)76-32)24(25(15)37(63)73-11-19(51)31-27(55)29(57)39(65)75-31)36(62)72-10-14(50)8-70-22(54)6-48-4-18(44)34(60)46-42(48)68/h1-4,13-16,19-20,23-26,31-32,49-52,55-58H,5-12H2,(H,45,59,67)(H,46,60,68). The lowest BCUT2D eigenvalue weighted by Crippen LogP contribution is -2.59. The van der Waals surface area contributed by atoms with Gasteiger partial charge in [-0.1, -0.05) is 12.2 Å². The third-order valence-corrected chi connectivity index (χ3v) is 11.7. The fourth-order valence-corrected chi connectivity index (χ4v) is 8.10. The highest BCUT2D eigenvalue weighted by atomic mass is 19.1. The molecule has 34 heteroatoms. The first-order chi connectivity index (χ1) is 35.8. The molecule has 2 bridgehead atoms. The van der Waals surface area contributed by atoms with Crippen LogP contribution in [0, 0.1) is 47.1 Å². The van der Waals surface area contributed by atoms with Crippen molar-refractivity contribution in [1.82, 2.24) is 19.1 Å². The summed E-state index contributed by atoms with van der Waals surface area (Å²) in [7, 11) is 0. The highest BCUT2D eigenvalue weighted by molar-refractivity contribution is 5.91. The van der Waals surface area contributed by atoms with Crippen molar-refractivity contribution in [2.45, 2.75) is 49.7 Å². The van der Waals surface area contributed by atoms with E-state index < -0.39 is 230 Å². The minimum Gasteiger partial charge on any atom is -0.505 e. The maximum atomic E-state index is 14.1. The number of nitrogens with zero attached hydrogens (tertiary/aromatic N) is 2. The predicted molar refractivity (Wildman–Crippen MR) is 227 cm³/mol. The van der Waals surface area contributed by atoms with Crippen LogP contribution in [0.1, 0.15) is 0 Å². The Labute approximate surface area is 418 Å². The number of rotatable bonds is 22. The highest BCUT2D eigenvalue weighted by Crippen LogP contribution is 2.53. The number of fused-ring (bicyclic) bond motifs is 2. The monoisotopic (exact) mass is 1090 g/mol. The third kappa shape index (κ3) is 12.6. The molecule has 2 aliphatic heterocycles. The van der Waals surface area contributed by atoms with E-state index in [-0.39, 0.29) is 0 Å². The number of aromatic amines is 2. The highest BCUT2D eigenvalue weighted by Gasteiger charge is 2.63. The van der Waals surface area contributed by atoms with E-state index in [2.05, 4.69) is 9.47 Å². The Bertz CT molecular complexity index is 2810. The summed E-state index contributed by atoms with van der Waals surface area (Å²) in [6, 6.07) is 0. The van der Waals surface area contributed by atoms with Gasteiger partial charge in [0.1, 0.15) is 77.1 Å². The lowest BCUT2D eigenvalue weighted by molar-refractivity contribution is -0.190. The number of carbonyl (C=O) groups excluding carboxylic acids is 8. The quantitative estimate of drug-likeness (QED) is 0.0298. The molecule has 2 aromatic rings. The Balaban J connectivity index is 1.23. The summed E-state index contributed by atoms with van der Waals surface area (Å²) >= 11 is 0. The Morgan fingerprint density at radius 1 is 0.513 bits per heavy atom. The summed E-state index contributed by atoms with van der Waals surface area (Å²) in [6.07, 6.45) is -9.07. The predicted octanol–water partition coefficient (Wildman–Crippen LogP) is -6.15. The average molecular weight is 1090 g/mol. The molecule has 0 amide bonds. The third-order valence-electron chi connectivity index (χ3n) is 11.7. The number of allylic oxidation sites excluding steroid dienone is 2. The Kier molecular flexibility index (Phi) is 17.6. The van der Waals surface area contributed by atoms with Gasteiger partial charge in [-0.2, -0.15) is 8.78 Å². The van der Waals surface area contributed by atoms with Gasteiger partial charge in [0, 0.05) is 11.8 Å². The molecule has 0 spiro atoms. The number of hydrogen-bond donors (Lipinski definition) is 10. The van der Waals surface area contributed by atoms with E-state index in [1.807, 2.05) is 0 Å². The number of esters is 8. The topological polar surface area (TPSA) is 482 Å². The van der Waals surface area contributed by atoms with Crippen molar-refractivity contribution in [3.63, 3.8) is 0 Å². The smallest absolute Gasteiger partial charge is 0.377 e. The molecule has 76 heavy (non-hydrogen) atoms. The van der Waals surface area contributed by atoms with Gasteiger partial charge >= 0.3 is 59.1 Å². The fraction of sp³-hybridized carbons (Fsp3) is 0.476. The van der Waals surface area contributed by atoms with Gasteiger partial charge in [0.2, 0.25) is 23.2 Å². The Morgan fingerprint density at radius 3 is 1.12 bits per heavy atom. The summed E-state index contributed by atoms with van der Waals surface area (Å²) in [6.45, 7) is -8.50. The van der Waals surface area contributed by atoms with Crippen LogP contribution < -0.4 is 22.5 Å². The molecule has 10 N–H and O–H groups in total. The molecule has 412 valence electrons. The lowest BCUT2D eigenvalue weighted by atomic mass is 9.53. The van der Waals surface area contributed by atoms with Crippen LogP contribution in [0.15, 0.2) is 66.8 Å². The summed E-state index contributed by atoms with van der Waals surface area (Å²) in [5.74, 6) is -30.8. The zero-order valence-electron chi connectivity index (χ0n) is 38.3. The van der Waals surface area contributed by atoms with E-state index in [1.165, 1.54) is 0 Å². The van der Waals surface area contributed by atoms with E-state index in [0.717, 1.165) is 12.2 Å². The van der Waals surface area contributed by atoms with Gasteiger partial charge in [-0.15, -0.1) is 0 Å². The van der Waals surface area contributed by atoms with E-state index in [1.54, 1.807) is 9.97 Å². The molecule has 5 aliphatic rings. The molecule has 7 rings (SSSR count). The maximum Gasteiger partial charge on any atom is 0.377 e. The number of nitrogens with one attached hydrogen (secondary N) is 2. The molecule has 3 aliphatic carbocycles. The van der Waals surface area contributed by atoms with Crippen molar-refractivity contribution < 1.29 is 126 Å². The van der Waals surface area contributed by atoms with E-state index in [4.69, 9.17) is 28.4 Å². The normalized spacial score (nSPS) is 24.2. The number of ether oxygens (including phenoxy) is 8. The number of cyclic esters (lactones) is 2. The van der Waals surface area contributed by atoms with Gasteiger partial charge in [0.25, 0.3) is 11.1 Å². The molecule has 12 atom stereocenters. The number of aliphatic hydroxyl groups excluding tert-OH is 8. The summed E-state index contributed by atoms with van der Waals surface area (Å²) in [5.41, 5.74) is -5.20. The maximum absolute atomic E-state index is 14.1. The van der Waals surface area contributed by atoms with Crippen LogP contribution in [0.4, 0.5) is 8.78 Å². The molecular formula is C42H42F2N4O28. The van der Waals surface area contributed by atoms with Crippen LogP contribution in [0.3, 0.4) is 0 Å². The van der Waals surface area contributed by atoms with Crippen LogP contribution >= 0.6 is 0 Å². The minimum atomic E-state index is -2.13.